The number of hydrogen-bond acceptors (Lipinski definition) is 3. The highest BCUT2D eigenvalue weighted by atomic mass is 32.1. The standard InChI is InChI=1S/C8H13N5S/c1-12-5-10-6-2-3-13(4-7(6)12)8(14)11-9/h5H,2-4,9H2,1H3,(H,11,14). The Morgan fingerprint density at radius 1 is 1.71 bits per heavy atom. The van der Waals surface area contributed by atoms with Gasteiger partial charge in [0.25, 0.3) is 0 Å². The SMILES string of the molecule is Cn1cnc2c1CN(C(=S)NN)CC2. The predicted octanol–water partition coefficient (Wildman–Crippen LogP) is -0.474. The summed E-state index contributed by atoms with van der Waals surface area (Å²) in [6, 6.07) is 0. The summed E-state index contributed by atoms with van der Waals surface area (Å²) in [5, 5.41) is 0.594. The number of nitrogens with two attached hydrogens (primary N) is 1. The molecule has 0 spiro atoms. The maximum Gasteiger partial charge on any atom is 0.183 e. The molecule has 0 saturated carbocycles. The van der Waals surface area contributed by atoms with E-state index < -0.39 is 0 Å². The maximum atomic E-state index is 5.28. The molecular formula is C8H13N5S. The van der Waals surface area contributed by atoms with Crippen molar-refractivity contribution in [2.75, 3.05) is 6.54 Å². The summed E-state index contributed by atoms with van der Waals surface area (Å²) in [6.07, 6.45) is 2.77. The molecule has 1 aliphatic heterocycles. The van der Waals surface area contributed by atoms with Crippen LogP contribution >= 0.6 is 12.2 Å². The molecule has 76 valence electrons. The van der Waals surface area contributed by atoms with Crippen LogP contribution in [0.5, 0.6) is 0 Å². The lowest BCUT2D eigenvalue weighted by molar-refractivity contribution is 0.375. The molecule has 0 saturated heterocycles. The maximum absolute atomic E-state index is 5.28. The van der Waals surface area contributed by atoms with Crippen molar-refractivity contribution < 1.29 is 0 Å². The lowest BCUT2D eigenvalue weighted by Gasteiger charge is -2.28. The highest BCUT2D eigenvalue weighted by Crippen LogP contribution is 2.16. The molecule has 0 unspecified atom stereocenters. The summed E-state index contributed by atoms with van der Waals surface area (Å²) in [7, 11) is 1.99. The largest absolute Gasteiger partial charge is 0.342 e. The fraction of sp³-hybridized carbons (Fsp3) is 0.500. The zero-order valence-corrected chi connectivity index (χ0v) is 8.84. The first-order chi connectivity index (χ1) is 6.72. The summed E-state index contributed by atoms with van der Waals surface area (Å²) >= 11 is 5.08. The highest BCUT2D eigenvalue weighted by Gasteiger charge is 2.20. The molecule has 0 radical (unpaired) electrons. The zero-order chi connectivity index (χ0) is 10.1. The summed E-state index contributed by atoms with van der Waals surface area (Å²) < 4.78 is 2.03. The lowest BCUT2D eigenvalue weighted by Crippen LogP contribution is -2.45. The third-order valence-corrected chi connectivity index (χ3v) is 2.89. The quantitative estimate of drug-likeness (QED) is 0.345. The molecule has 2 heterocycles. The van der Waals surface area contributed by atoms with Crippen molar-refractivity contribution in [1.82, 2.24) is 19.9 Å². The summed E-state index contributed by atoms with van der Waals surface area (Å²) in [4.78, 5) is 6.36. The monoisotopic (exact) mass is 211 g/mol. The molecule has 2 rings (SSSR count). The molecule has 0 aromatic carbocycles. The van der Waals surface area contributed by atoms with Gasteiger partial charge in [-0.3, -0.25) is 0 Å². The van der Waals surface area contributed by atoms with Crippen LogP contribution in [0.25, 0.3) is 0 Å². The van der Waals surface area contributed by atoms with Crippen LogP contribution in [0.3, 0.4) is 0 Å². The van der Waals surface area contributed by atoms with Gasteiger partial charge in [0.1, 0.15) is 0 Å². The molecule has 0 aliphatic carbocycles. The number of thiocarbonyl (C=S) groups is 1. The van der Waals surface area contributed by atoms with Crippen molar-refractivity contribution in [1.29, 1.82) is 0 Å². The van der Waals surface area contributed by atoms with Crippen LogP contribution in [0.4, 0.5) is 0 Å². The van der Waals surface area contributed by atoms with E-state index in [1.165, 1.54) is 11.4 Å². The Labute approximate surface area is 87.9 Å². The van der Waals surface area contributed by atoms with E-state index in [1.807, 2.05) is 22.8 Å². The second kappa shape index (κ2) is 3.55. The van der Waals surface area contributed by atoms with Crippen LogP contribution in [-0.2, 0) is 20.0 Å². The smallest absolute Gasteiger partial charge is 0.183 e. The fourth-order valence-electron chi connectivity index (χ4n) is 1.68. The minimum absolute atomic E-state index is 0.594. The molecule has 14 heavy (non-hydrogen) atoms. The number of aryl methyl sites for hydroxylation is 1. The van der Waals surface area contributed by atoms with Crippen LogP contribution in [0, 0.1) is 0 Å². The Morgan fingerprint density at radius 3 is 3.21 bits per heavy atom. The van der Waals surface area contributed by atoms with Gasteiger partial charge in [0.05, 0.1) is 24.3 Å². The van der Waals surface area contributed by atoms with Crippen LogP contribution in [-0.4, -0.2) is 26.1 Å². The van der Waals surface area contributed by atoms with Gasteiger partial charge in [-0.2, -0.15) is 0 Å². The van der Waals surface area contributed by atoms with Gasteiger partial charge in [-0.15, -0.1) is 0 Å². The lowest BCUT2D eigenvalue weighted by atomic mass is 10.1. The van der Waals surface area contributed by atoms with Gasteiger partial charge in [-0.25, -0.2) is 10.8 Å². The molecule has 0 atom stereocenters. The molecule has 6 heteroatoms. The van der Waals surface area contributed by atoms with Gasteiger partial charge >= 0.3 is 0 Å². The first kappa shape index (κ1) is 9.42. The van der Waals surface area contributed by atoms with E-state index in [4.69, 9.17) is 18.1 Å². The highest BCUT2D eigenvalue weighted by molar-refractivity contribution is 7.80. The van der Waals surface area contributed by atoms with Crippen LogP contribution in [0.2, 0.25) is 0 Å². The number of hydrazine groups is 1. The van der Waals surface area contributed by atoms with Crippen molar-refractivity contribution in [2.24, 2.45) is 12.9 Å². The fourth-order valence-corrected chi connectivity index (χ4v) is 1.84. The van der Waals surface area contributed by atoms with Gasteiger partial charge < -0.3 is 14.9 Å². The Hall–Kier alpha value is -1.14. The molecule has 1 aromatic rings. The van der Waals surface area contributed by atoms with Crippen molar-refractivity contribution in [3.8, 4) is 0 Å². The summed E-state index contributed by atoms with van der Waals surface area (Å²) in [5.41, 5.74) is 4.89. The van der Waals surface area contributed by atoms with E-state index in [9.17, 15) is 0 Å². The van der Waals surface area contributed by atoms with E-state index in [-0.39, 0.29) is 0 Å². The van der Waals surface area contributed by atoms with Crippen molar-refractivity contribution in [2.45, 2.75) is 13.0 Å². The van der Waals surface area contributed by atoms with Gasteiger partial charge in [0, 0.05) is 20.0 Å². The second-order valence-electron chi connectivity index (χ2n) is 3.37. The third kappa shape index (κ3) is 1.46. The first-order valence-corrected chi connectivity index (χ1v) is 4.88. The normalized spacial score (nSPS) is 15.1. The van der Waals surface area contributed by atoms with E-state index in [0.717, 1.165) is 19.5 Å². The molecular weight excluding hydrogens is 198 g/mol. The van der Waals surface area contributed by atoms with Crippen molar-refractivity contribution in [3.63, 3.8) is 0 Å². The number of nitrogens with one attached hydrogen (secondary N) is 1. The summed E-state index contributed by atoms with van der Waals surface area (Å²) in [5.74, 6) is 5.28. The van der Waals surface area contributed by atoms with Gasteiger partial charge in [-0.1, -0.05) is 0 Å². The van der Waals surface area contributed by atoms with Gasteiger partial charge in [-0.05, 0) is 12.2 Å². The minimum Gasteiger partial charge on any atom is -0.342 e. The molecule has 0 fully saturated rings. The Balaban J connectivity index is 2.20. The average molecular weight is 211 g/mol. The van der Waals surface area contributed by atoms with Crippen LogP contribution in [0.1, 0.15) is 11.4 Å². The second-order valence-corrected chi connectivity index (χ2v) is 3.76. The molecule has 1 aromatic heterocycles. The van der Waals surface area contributed by atoms with E-state index in [2.05, 4.69) is 10.4 Å². The first-order valence-electron chi connectivity index (χ1n) is 4.47. The number of rotatable bonds is 0. The van der Waals surface area contributed by atoms with Gasteiger partial charge in [0.15, 0.2) is 5.11 Å². The number of imidazole rings is 1. The third-order valence-electron chi connectivity index (χ3n) is 2.52. The number of hydrogen-bond donors (Lipinski definition) is 2. The zero-order valence-electron chi connectivity index (χ0n) is 8.03. The molecule has 0 bridgehead atoms. The Kier molecular flexibility index (Phi) is 2.39. The number of nitrogens with zero attached hydrogens (tertiary/aromatic N) is 3. The Morgan fingerprint density at radius 2 is 2.50 bits per heavy atom. The van der Waals surface area contributed by atoms with Crippen LogP contribution < -0.4 is 11.3 Å². The van der Waals surface area contributed by atoms with Crippen molar-refractivity contribution in [3.05, 3.63) is 17.7 Å². The molecule has 1 aliphatic rings. The molecule has 0 amide bonds. The topological polar surface area (TPSA) is 59.1 Å². The average Bonchev–Trinajstić information content (AvgIpc) is 2.59. The minimum atomic E-state index is 0.594. The number of fused-ring (bicyclic) bond motifs is 1. The van der Waals surface area contributed by atoms with Crippen molar-refractivity contribution >= 4 is 17.3 Å². The van der Waals surface area contributed by atoms with E-state index in [0.29, 0.717) is 5.11 Å². The predicted molar refractivity (Wildman–Crippen MR) is 57.2 cm³/mol. The van der Waals surface area contributed by atoms with Gasteiger partial charge in [0.2, 0.25) is 0 Å². The number of aromatic nitrogens is 2. The molecule has 5 nitrogen and oxygen atoms in total. The van der Waals surface area contributed by atoms with Crippen LogP contribution in [0.15, 0.2) is 6.33 Å². The van der Waals surface area contributed by atoms with E-state index >= 15 is 0 Å². The Bertz CT molecular complexity index is 359. The molecule has 3 N–H and O–H groups in total. The summed E-state index contributed by atoms with van der Waals surface area (Å²) in [6.45, 7) is 1.67. The van der Waals surface area contributed by atoms with E-state index in [1.54, 1.807) is 0 Å².